The van der Waals surface area contributed by atoms with Gasteiger partial charge in [0.2, 0.25) is 10.0 Å². The SMILES string of the molecule is CCn1c(=NC(=O)c2ccc(S(=O)(=O)N3CCCCC3C)cc2)sc2c(OC)ccc(OC)c21. The summed E-state index contributed by atoms with van der Waals surface area (Å²) in [4.78, 5) is 18.1. The summed E-state index contributed by atoms with van der Waals surface area (Å²) < 4.78 is 41.4. The number of methoxy groups -OCH3 is 2. The van der Waals surface area contributed by atoms with Crippen molar-refractivity contribution >= 4 is 37.5 Å². The number of sulfonamides is 1. The predicted molar refractivity (Wildman–Crippen MR) is 132 cm³/mol. The van der Waals surface area contributed by atoms with Gasteiger partial charge in [-0.05, 0) is 63.1 Å². The normalized spacial score (nSPS) is 17.8. The van der Waals surface area contributed by atoms with Gasteiger partial charge in [-0.25, -0.2) is 8.42 Å². The van der Waals surface area contributed by atoms with Crippen LogP contribution in [0.1, 0.15) is 43.5 Å². The lowest BCUT2D eigenvalue weighted by molar-refractivity contribution is 0.0997. The molecule has 34 heavy (non-hydrogen) atoms. The van der Waals surface area contributed by atoms with E-state index >= 15 is 0 Å². The third-order valence-corrected chi connectivity index (χ3v) is 9.28. The number of piperidine rings is 1. The smallest absolute Gasteiger partial charge is 0.279 e. The van der Waals surface area contributed by atoms with Gasteiger partial charge >= 0.3 is 0 Å². The van der Waals surface area contributed by atoms with Crippen molar-refractivity contribution in [3.63, 3.8) is 0 Å². The largest absolute Gasteiger partial charge is 0.495 e. The van der Waals surface area contributed by atoms with E-state index in [9.17, 15) is 13.2 Å². The van der Waals surface area contributed by atoms with Gasteiger partial charge in [0, 0.05) is 24.7 Å². The van der Waals surface area contributed by atoms with Crippen LogP contribution in [-0.2, 0) is 16.6 Å². The number of ether oxygens (including phenoxy) is 2. The number of amides is 1. The van der Waals surface area contributed by atoms with E-state index in [2.05, 4.69) is 4.99 Å². The molecule has 0 N–H and O–H groups in total. The number of carbonyl (C=O) groups excluding carboxylic acids is 1. The number of thiazole rings is 1. The first-order chi connectivity index (χ1) is 16.3. The Morgan fingerprint density at radius 2 is 1.76 bits per heavy atom. The molecule has 0 bridgehead atoms. The monoisotopic (exact) mass is 503 g/mol. The Morgan fingerprint density at radius 3 is 2.38 bits per heavy atom. The Labute approximate surface area is 203 Å². The van der Waals surface area contributed by atoms with Crippen LogP contribution in [0.4, 0.5) is 0 Å². The highest BCUT2D eigenvalue weighted by molar-refractivity contribution is 7.89. The van der Waals surface area contributed by atoms with Crippen molar-refractivity contribution in [1.82, 2.24) is 8.87 Å². The standard InChI is InChI=1S/C24H29N3O5S2/c1-5-26-21-19(31-3)13-14-20(32-4)22(21)33-24(26)25-23(28)17-9-11-18(12-10-17)34(29,30)27-15-7-6-8-16(27)2/h9-14,16H,5-8,15H2,1-4H3. The number of benzene rings is 2. The van der Waals surface area contributed by atoms with Gasteiger partial charge in [0.25, 0.3) is 5.91 Å². The quantitative estimate of drug-likeness (QED) is 0.506. The van der Waals surface area contributed by atoms with Crippen LogP contribution in [0.15, 0.2) is 46.3 Å². The van der Waals surface area contributed by atoms with Crippen LogP contribution in [0.5, 0.6) is 11.5 Å². The second kappa shape index (κ2) is 9.89. The zero-order valence-electron chi connectivity index (χ0n) is 19.8. The maximum atomic E-state index is 13.1. The summed E-state index contributed by atoms with van der Waals surface area (Å²) in [5, 5.41) is 0. The molecule has 1 aromatic heterocycles. The summed E-state index contributed by atoms with van der Waals surface area (Å²) in [5.41, 5.74) is 1.14. The van der Waals surface area contributed by atoms with Gasteiger partial charge in [-0.3, -0.25) is 4.79 Å². The lowest BCUT2D eigenvalue weighted by Gasteiger charge is -2.32. The molecule has 0 radical (unpaired) electrons. The van der Waals surface area contributed by atoms with Gasteiger partial charge in [0.15, 0.2) is 4.80 Å². The summed E-state index contributed by atoms with van der Waals surface area (Å²) in [7, 11) is -0.399. The van der Waals surface area contributed by atoms with E-state index < -0.39 is 15.9 Å². The summed E-state index contributed by atoms with van der Waals surface area (Å²) in [6, 6.07) is 9.66. The maximum Gasteiger partial charge on any atom is 0.279 e. The Bertz CT molecular complexity index is 1370. The summed E-state index contributed by atoms with van der Waals surface area (Å²) >= 11 is 1.35. The van der Waals surface area contributed by atoms with Gasteiger partial charge in [-0.1, -0.05) is 17.8 Å². The Kier molecular flexibility index (Phi) is 7.11. The van der Waals surface area contributed by atoms with Gasteiger partial charge in [-0.2, -0.15) is 9.30 Å². The summed E-state index contributed by atoms with van der Waals surface area (Å²) in [6.45, 7) is 5.01. The van der Waals surface area contributed by atoms with Crippen LogP contribution in [0.25, 0.3) is 10.2 Å². The Balaban J connectivity index is 1.70. The second-order valence-corrected chi connectivity index (χ2v) is 11.0. The molecule has 1 aliphatic rings. The van der Waals surface area contributed by atoms with Crippen molar-refractivity contribution in [2.75, 3.05) is 20.8 Å². The van der Waals surface area contributed by atoms with Crippen molar-refractivity contribution in [2.45, 2.75) is 50.6 Å². The minimum absolute atomic E-state index is 0.0264. The van der Waals surface area contributed by atoms with Crippen LogP contribution >= 0.6 is 11.3 Å². The first kappa shape index (κ1) is 24.4. The molecule has 1 saturated heterocycles. The summed E-state index contributed by atoms with van der Waals surface area (Å²) in [6.07, 6.45) is 2.76. The van der Waals surface area contributed by atoms with Crippen molar-refractivity contribution in [1.29, 1.82) is 0 Å². The second-order valence-electron chi connectivity index (χ2n) is 8.18. The zero-order chi connectivity index (χ0) is 24.5. The van der Waals surface area contributed by atoms with Crippen molar-refractivity contribution in [3.05, 3.63) is 46.8 Å². The lowest BCUT2D eigenvalue weighted by Crippen LogP contribution is -2.41. The molecular formula is C24H29N3O5S2. The zero-order valence-corrected chi connectivity index (χ0v) is 21.4. The molecule has 0 saturated carbocycles. The fourth-order valence-corrected chi connectivity index (χ4v) is 7.22. The molecular weight excluding hydrogens is 474 g/mol. The molecule has 0 spiro atoms. The van der Waals surface area contributed by atoms with Crippen LogP contribution in [0.3, 0.4) is 0 Å². The third kappa shape index (κ3) is 4.37. The van der Waals surface area contributed by atoms with Crippen LogP contribution in [0.2, 0.25) is 0 Å². The van der Waals surface area contributed by atoms with Crippen LogP contribution < -0.4 is 14.3 Å². The summed E-state index contributed by atoms with van der Waals surface area (Å²) in [5.74, 6) is 0.907. The topological polar surface area (TPSA) is 90.2 Å². The molecule has 10 heteroatoms. The number of aryl methyl sites for hydroxylation is 1. The van der Waals surface area contributed by atoms with Crippen molar-refractivity contribution in [2.24, 2.45) is 4.99 Å². The number of fused-ring (bicyclic) bond motifs is 1. The molecule has 1 atom stereocenters. The highest BCUT2D eigenvalue weighted by Crippen LogP contribution is 2.35. The van der Waals surface area contributed by atoms with Gasteiger partial charge < -0.3 is 14.0 Å². The van der Waals surface area contributed by atoms with Crippen molar-refractivity contribution in [3.8, 4) is 11.5 Å². The average molecular weight is 504 g/mol. The van der Waals surface area contributed by atoms with E-state index in [1.54, 1.807) is 18.5 Å². The number of aromatic nitrogens is 1. The molecule has 2 aromatic carbocycles. The molecule has 1 unspecified atom stereocenters. The molecule has 1 fully saturated rings. The van der Waals surface area contributed by atoms with E-state index in [0.717, 1.165) is 29.5 Å². The molecule has 8 nitrogen and oxygen atoms in total. The first-order valence-corrected chi connectivity index (χ1v) is 13.5. The van der Waals surface area contributed by atoms with Crippen LogP contribution in [-0.4, -0.2) is 50.0 Å². The molecule has 4 rings (SSSR count). The van der Waals surface area contributed by atoms with Gasteiger partial charge in [0.05, 0.1) is 19.1 Å². The minimum atomic E-state index is -3.59. The first-order valence-electron chi connectivity index (χ1n) is 11.3. The number of carbonyl (C=O) groups is 1. The van der Waals surface area contributed by atoms with Crippen molar-refractivity contribution < 1.29 is 22.7 Å². The molecule has 1 aliphatic heterocycles. The molecule has 0 aliphatic carbocycles. The Hall–Kier alpha value is -2.69. The Morgan fingerprint density at radius 1 is 1.09 bits per heavy atom. The van der Waals surface area contributed by atoms with E-state index in [1.165, 1.54) is 35.6 Å². The average Bonchev–Trinajstić information content (AvgIpc) is 3.21. The molecule has 1 amide bonds. The fourth-order valence-electron chi connectivity index (χ4n) is 4.32. The number of rotatable bonds is 6. The maximum absolute atomic E-state index is 13.1. The van der Waals surface area contributed by atoms with E-state index in [4.69, 9.17) is 9.47 Å². The highest BCUT2D eigenvalue weighted by Gasteiger charge is 2.31. The number of nitrogens with zero attached hydrogens (tertiary/aromatic N) is 3. The highest BCUT2D eigenvalue weighted by atomic mass is 32.2. The molecule has 2 heterocycles. The predicted octanol–water partition coefficient (Wildman–Crippen LogP) is 4.04. The number of hydrogen-bond acceptors (Lipinski definition) is 6. The fraction of sp³-hybridized carbons (Fsp3) is 0.417. The van der Waals surface area contributed by atoms with Gasteiger partial charge in [-0.15, -0.1) is 0 Å². The van der Waals surface area contributed by atoms with E-state index in [-0.39, 0.29) is 10.9 Å². The molecule has 182 valence electrons. The minimum Gasteiger partial charge on any atom is -0.495 e. The third-order valence-electron chi connectivity index (χ3n) is 6.16. The lowest BCUT2D eigenvalue weighted by atomic mass is 10.1. The molecule has 3 aromatic rings. The van der Waals surface area contributed by atoms with Gasteiger partial charge in [0.1, 0.15) is 21.7 Å². The number of hydrogen-bond donors (Lipinski definition) is 0. The van der Waals surface area contributed by atoms with Crippen LogP contribution in [0, 0.1) is 0 Å². The van der Waals surface area contributed by atoms with E-state index in [0.29, 0.717) is 35.0 Å². The van der Waals surface area contributed by atoms with E-state index in [1.807, 2.05) is 30.5 Å².